The number of methoxy groups -OCH3 is 1. The van der Waals surface area contributed by atoms with Crippen molar-refractivity contribution >= 4 is 0 Å². The van der Waals surface area contributed by atoms with Gasteiger partial charge >= 0.3 is 0 Å². The summed E-state index contributed by atoms with van der Waals surface area (Å²) < 4.78 is 9.69. The summed E-state index contributed by atoms with van der Waals surface area (Å²) in [5.74, 6) is 0. The van der Waals surface area contributed by atoms with Crippen LogP contribution < -0.4 is 0 Å². The summed E-state index contributed by atoms with van der Waals surface area (Å²) in [5.41, 5.74) is 0. The minimum Gasteiger partial charge on any atom is -0.388 e. The van der Waals surface area contributed by atoms with E-state index in [9.17, 15) is 0 Å². The van der Waals surface area contributed by atoms with E-state index in [4.69, 9.17) is 4.74 Å². The fourth-order valence-corrected chi connectivity index (χ4v) is 1.01. The summed E-state index contributed by atoms with van der Waals surface area (Å²) >= 11 is 0. The molecule has 0 atom stereocenters. The van der Waals surface area contributed by atoms with Crippen molar-refractivity contribution in [3.05, 3.63) is 0 Å². The van der Waals surface area contributed by atoms with Gasteiger partial charge in [-0.3, -0.25) is 0 Å². The molecule has 0 fully saturated rings. The maximum atomic E-state index is 5.44. The van der Waals surface area contributed by atoms with Crippen LogP contribution in [0.4, 0.5) is 0 Å². The van der Waals surface area contributed by atoms with Gasteiger partial charge in [-0.25, -0.2) is 0 Å². The molecule has 2 heteroatoms. The van der Waals surface area contributed by atoms with E-state index in [2.05, 4.69) is 18.6 Å². The van der Waals surface area contributed by atoms with Gasteiger partial charge in [-0.2, -0.15) is 0 Å². The van der Waals surface area contributed by atoms with Crippen molar-refractivity contribution in [2.24, 2.45) is 0 Å². The van der Waals surface area contributed by atoms with E-state index in [-0.39, 0.29) is 0 Å². The second-order valence-corrected chi connectivity index (χ2v) is 3.43. The van der Waals surface area contributed by atoms with Gasteiger partial charge in [-0.05, 0) is 12.8 Å². The molecule has 0 aromatic carbocycles. The highest BCUT2D eigenvalue weighted by Gasteiger charge is 1.88. The molecule has 0 saturated heterocycles. The van der Waals surface area contributed by atoms with Crippen LogP contribution in [0.15, 0.2) is 0 Å². The minimum absolute atomic E-state index is 0.970. The lowest BCUT2D eigenvalue weighted by molar-refractivity contribution is 0.126. The molecule has 2 nitrogen and oxygen atoms in total. The van der Waals surface area contributed by atoms with Crippen LogP contribution in [0, 0.1) is 0 Å². The topological polar surface area (TPSA) is 18.5 Å². The minimum atomic E-state index is 0.970. The molecule has 0 aliphatic heterocycles. The van der Waals surface area contributed by atoms with Gasteiger partial charge in [0.25, 0.3) is 0 Å². The molecule has 0 aromatic heterocycles. The zero-order valence-corrected chi connectivity index (χ0v) is 10.5. The molecule has 0 aliphatic rings. The maximum Gasteiger partial charge on any atom is 0.0466 e. The van der Waals surface area contributed by atoms with Crippen LogP contribution in [0.3, 0.4) is 0 Å². The Hall–Kier alpha value is -0.0800. The Kier molecular flexibility index (Phi) is 21.8. The summed E-state index contributed by atoms with van der Waals surface area (Å²) in [6.45, 7) is 6.38. The molecular weight excluding hydrogens is 176 g/mol. The Balaban J connectivity index is 0. The monoisotopic (exact) mass is 204 g/mol. The number of unbranched alkanes of at least 4 members (excludes halogenated alkanes) is 4. The molecule has 88 valence electrons. The lowest BCUT2D eigenvalue weighted by Gasteiger charge is -2.01. The lowest BCUT2D eigenvalue weighted by Crippen LogP contribution is -1.96. The van der Waals surface area contributed by atoms with Crippen molar-refractivity contribution in [1.82, 2.24) is 0 Å². The van der Waals surface area contributed by atoms with Crippen molar-refractivity contribution in [3.8, 4) is 0 Å². The Morgan fingerprint density at radius 3 is 1.36 bits per heavy atom. The molecule has 0 amide bonds. The molecule has 14 heavy (non-hydrogen) atoms. The Labute approximate surface area is 90.0 Å². The third-order valence-electron chi connectivity index (χ3n) is 1.78. The molecule has 0 unspecified atom stereocenters. The molecule has 0 spiro atoms. The lowest BCUT2D eigenvalue weighted by atomic mass is 10.2. The van der Waals surface area contributed by atoms with Crippen molar-refractivity contribution in [2.75, 3.05) is 27.4 Å². The largest absolute Gasteiger partial charge is 0.388 e. The normalized spacial score (nSPS) is 9.43. The molecule has 0 radical (unpaired) electrons. The van der Waals surface area contributed by atoms with Crippen LogP contribution in [0.2, 0.25) is 0 Å². The number of hydrogen-bond donors (Lipinski definition) is 0. The Bertz CT molecular complexity index is 66.7. The van der Waals surface area contributed by atoms with E-state index in [0.717, 1.165) is 13.2 Å². The average molecular weight is 204 g/mol. The molecule has 0 bridgehead atoms. The van der Waals surface area contributed by atoms with Gasteiger partial charge in [-0.1, -0.05) is 39.5 Å². The Morgan fingerprint density at radius 2 is 1.07 bits per heavy atom. The van der Waals surface area contributed by atoms with Crippen molar-refractivity contribution < 1.29 is 9.47 Å². The smallest absolute Gasteiger partial charge is 0.0466 e. The van der Waals surface area contributed by atoms with Gasteiger partial charge in [0.15, 0.2) is 0 Å². The molecule has 0 aromatic rings. The van der Waals surface area contributed by atoms with Gasteiger partial charge < -0.3 is 9.47 Å². The first-order chi connectivity index (χ1) is 6.83. The third-order valence-corrected chi connectivity index (χ3v) is 1.78. The van der Waals surface area contributed by atoms with Gasteiger partial charge in [0.1, 0.15) is 0 Å². The summed E-state index contributed by atoms with van der Waals surface area (Å²) in [6, 6.07) is 0. The number of hydrogen-bond acceptors (Lipinski definition) is 2. The second kappa shape index (κ2) is 18.7. The summed E-state index contributed by atoms with van der Waals surface area (Å²) in [4.78, 5) is 0. The molecule has 0 saturated carbocycles. The van der Waals surface area contributed by atoms with Crippen LogP contribution >= 0.6 is 0 Å². The molecule has 0 rings (SSSR count). The first kappa shape index (κ1) is 16.4. The van der Waals surface area contributed by atoms with E-state index in [1.807, 2.05) is 0 Å². The van der Waals surface area contributed by atoms with Gasteiger partial charge in [0.05, 0.1) is 0 Å². The average Bonchev–Trinajstić information content (AvgIpc) is 2.18. The van der Waals surface area contributed by atoms with Gasteiger partial charge in [0.2, 0.25) is 0 Å². The third kappa shape index (κ3) is 22.7. The first-order valence-electron chi connectivity index (χ1n) is 5.81. The molecule has 0 heterocycles. The SMILES string of the molecule is CCCCCOCCCCC.COC. The highest BCUT2D eigenvalue weighted by Crippen LogP contribution is 1.97. The predicted octanol–water partition coefficient (Wildman–Crippen LogP) is 3.65. The van der Waals surface area contributed by atoms with E-state index < -0.39 is 0 Å². The van der Waals surface area contributed by atoms with Gasteiger partial charge in [0, 0.05) is 27.4 Å². The maximum absolute atomic E-state index is 5.44. The first-order valence-corrected chi connectivity index (χ1v) is 5.81. The fourth-order valence-electron chi connectivity index (χ4n) is 1.01. The second-order valence-electron chi connectivity index (χ2n) is 3.43. The quantitative estimate of drug-likeness (QED) is 0.562. The highest BCUT2D eigenvalue weighted by atomic mass is 16.5. The van der Waals surface area contributed by atoms with Crippen LogP contribution in [-0.4, -0.2) is 27.4 Å². The number of ether oxygens (including phenoxy) is 2. The van der Waals surface area contributed by atoms with E-state index >= 15 is 0 Å². The molecule has 0 N–H and O–H groups in total. The van der Waals surface area contributed by atoms with Crippen LogP contribution in [-0.2, 0) is 9.47 Å². The zero-order chi connectivity index (χ0) is 11.1. The van der Waals surface area contributed by atoms with Crippen LogP contribution in [0.5, 0.6) is 0 Å². The van der Waals surface area contributed by atoms with Gasteiger partial charge in [-0.15, -0.1) is 0 Å². The predicted molar refractivity (Wildman–Crippen MR) is 62.8 cm³/mol. The van der Waals surface area contributed by atoms with Crippen LogP contribution in [0.1, 0.15) is 52.4 Å². The van der Waals surface area contributed by atoms with Crippen LogP contribution in [0.25, 0.3) is 0 Å². The van der Waals surface area contributed by atoms with E-state index in [1.54, 1.807) is 14.2 Å². The molecular formula is C12H28O2. The zero-order valence-electron chi connectivity index (χ0n) is 10.5. The molecule has 0 aliphatic carbocycles. The highest BCUT2D eigenvalue weighted by molar-refractivity contribution is 4.38. The number of rotatable bonds is 8. The summed E-state index contributed by atoms with van der Waals surface area (Å²) in [6.07, 6.45) is 7.68. The fraction of sp³-hybridized carbons (Fsp3) is 1.00. The van der Waals surface area contributed by atoms with Crippen molar-refractivity contribution in [1.29, 1.82) is 0 Å². The van der Waals surface area contributed by atoms with Crippen molar-refractivity contribution in [2.45, 2.75) is 52.4 Å². The standard InChI is InChI=1S/C10H22O.C2H6O/c1-3-5-7-9-11-10-8-6-4-2;1-3-2/h3-10H2,1-2H3;1-2H3. The van der Waals surface area contributed by atoms with E-state index in [0.29, 0.717) is 0 Å². The van der Waals surface area contributed by atoms with Crippen molar-refractivity contribution in [3.63, 3.8) is 0 Å². The Morgan fingerprint density at radius 1 is 0.714 bits per heavy atom. The summed E-state index contributed by atoms with van der Waals surface area (Å²) in [7, 11) is 3.25. The van der Waals surface area contributed by atoms with E-state index in [1.165, 1.54) is 38.5 Å². The summed E-state index contributed by atoms with van der Waals surface area (Å²) in [5, 5.41) is 0.